The average Bonchev–Trinajstić information content (AvgIpc) is 3.09. The number of nitrogens with zero attached hydrogens (tertiary/aromatic N) is 2. The van der Waals surface area contributed by atoms with Crippen LogP contribution >= 0.6 is 23.2 Å². The van der Waals surface area contributed by atoms with Crippen molar-refractivity contribution < 1.29 is 9.90 Å². The van der Waals surface area contributed by atoms with Crippen molar-refractivity contribution in [1.82, 2.24) is 15.6 Å². The van der Waals surface area contributed by atoms with Crippen LogP contribution < -0.4 is 5.43 Å². The summed E-state index contributed by atoms with van der Waals surface area (Å²) in [7, 11) is 0. The molecule has 1 aromatic heterocycles. The van der Waals surface area contributed by atoms with Crippen LogP contribution in [0.25, 0.3) is 11.3 Å². The molecule has 0 fully saturated rings. The van der Waals surface area contributed by atoms with E-state index in [2.05, 4.69) is 20.7 Å². The lowest BCUT2D eigenvalue weighted by molar-refractivity contribution is 0.0950. The normalized spacial score (nSPS) is 11.0. The molecule has 3 aromatic rings. The molecule has 1 amide bonds. The van der Waals surface area contributed by atoms with Crippen LogP contribution in [0.3, 0.4) is 0 Å². The fourth-order valence-corrected chi connectivity index (χ4v) is 2.36. The Hall–Kier alpha value is -2.83. The maximum atomic E-state index is 12.1. The van der Waals surface area contributed by atoms with Gasteiger partial charge in [0.25, 0.3) is 5.91 Å². The molecule has 0 aliphatic carbocycles. The van der Waals surface area contributed by atoms with Gasteiger partial charge in [-0.1, -0.05) is 41.4 Å². The fraction of sp³-hybridized carbons (Fsp3) is 0. The summed E-state index contributed by atoms with van der Waals surface area (Å²) in [5.41, 5.74) is 4.36. The Morgan fingerprint density at radius 1 is 1.16 bits per heavy atom. The van der Waals surface area contributed by atoms with Crippen LogP contribution in [0, 0.1) is 0 Å². The molecule has 2 aromatic carbocycles. The predicted octanol–water partition coefficient (Wildman–Crippen LogP) is 3.85. The number of carbonyl (C=O) groups is 1. The first-order chi connectivity index (χ1) is 12.0. The maximum Gasteiger partial charge on any atom is 0.289 e. The minimum Gasteiger partial charge on any atom is -0.507 e. The molecule has 0 saturated heterocycles. The number of amides is 1. The Morgan fingerprint density at radius 2 is 1.96 bits per heavy atom. The van der Waals surface area contributed by atoms with E-state index in [1.807, 2.05) is 0 Å². The molecule has 3 rings (SSSR count). The summed E-state index contributed by atoms with van der Waals surface area (Å²) in [5.74, 6) is -0.394. The van der Waals surface area contributed by atoms with Crippen molar-refractivity contribution in [3.63, 3.8) is 0 Å². The van der Waals surface area contributed by atoms with Crippen molar-refractivity contribution in [3.8, 4) is 17.0 Å². The Balaban J connectivity index is 1.70. The number of aromatic amines is 1. The molecule has 0 unspecified atom stereocenters. The van der Waals surface area contributed by atoms with E-state index in [-0.39, 0.29) is 11.4 Å². The quantitative estimate of drug-likeness (QED) is 0.478. The molecule has 0 atom stereocenters. The molecular weight excluding hydrogens is 363 g/mol. The first-order valence-corrected chi connectivity index (χ1v) is 7.92. The van der Waals surface area contributed by atoms with Gasteiger partial charge in [-0.15, -0.1) is 0 Å². The Morgan fingerprint density at radius 3 is 2.72 bits per heavy atom. The van der Waals surface area contributed by atoms with Crippen LogP contribution in [-0.2, 0) is 0 Å². The first-order valence-electron chi connectivity index (χ1n) is 7.17. The summed E-state index contributed by atoms with van der Waals surface area (Å²) in [6.07, 6.45) is 1.35. The number of halogens is 2. The number of aromatic nitrogens is 2. The molecule has 0 aliphatic heterocycles. The van der Waals surface area contributed by atoms with Gasteiger partial charge in [0, 0.05) is 11.1 Å². The van der Waals surface area contributed by atoms with Gasteiger partial charge in [0.2, 0.25) is 0 Å². The van der Waals surface area contributed by atoms with Gasteiger partial charge < -0.3 is 5.11 Å². The lowest BCUT2D eigenvalue weighted by atomic mass is 10.1. The second kappa shape index (κ2) is 7.38. The van der Waals surface area contributed by atoms with Gasteiger partial charge in [0.1, 0.15) is 11.4 Å². The second-order valence-corrected chi connectivity index (χ2v) is 5.87. The zero-order valence-electron chi connectivity index (χ0n) is 12.7. The Kier molecular flexibility index (Phi) is 5.02. The van der Waals surface area contributed by atoms with E-state index in [0.29, 0.717) is 21.3 Å². The van der Waals surface area contributed by atoms with Crippen molar-refractivity contribution in [2.75, 3.05) is 0 Å². The van der Waals surface area contributed by atoms with E-state index >= 15 is 0 Å². The van der Waals surface area contributed by atoms with Crippen molar-refractivity contribution >= 4 is 35.3 Å². The van der Waals surface area contributed by atoms with Crippen LogP contribution in [0.1, 0.15) is 16.1 Å². The number of hydrogen-bond donors (Lipinski definition) is 3. The van der Waals surface area contributed by atoms with Crippen LogP contribution in [-0.4, -0.2) is 27.4 Å². The van der Waals surface area contributed by atoms with E-state index in [9.17, 15) is 9.90 Å². The second-order valence-electron chi connectivity index (χ2n) is 5.05. The van der Waals surface area contributed by atoms with Gasteiger partial charge in [-0.25, -0.2) is 5.43 Å². The average molecular weight is 375 g/mol. The summed E-state index contributed by atoms with van der Waals surface area (Å²) in [5, 5.41) is 21.0. The number of benzene rings is 2. The SMILES string of the molecule is O=C(NN=Cc1ccccc1O)c1cc(-c2ccc(Cl)c(Cl)c2)n[nH]1. The Labute approximate surface area is 153 Å². The number of hydrazone groups is 1. The highest BCUT2D eigenvalue weighted by atomic mass is 35.5. The van der Waals surface area contributed by atoms with Crippen molar-refractivity contribution in [2.45, 2.75) is 0 Å². The zero-order chi connectivity index (χ0) is 17.8. The minimum atomic E-state index is -0.467. The molecule has 0 saturated carbocycles. The summed E-state index contributed by atoms with van der Waals surface area (Å²) < 4.78 is 0. The van der Waals surface area contributed by atoms with Gasteiger partial charge in [0.05, 0.1) is 22.0 Å². The lowest BCUT2D eigenvalue weighted by Crippen LogP contribution is -2.18. The molecule has 0 spiro atoms. The molecule has 1 heterocycles. The topological polar surface area (TPSA) is 90.4 Å². The van der Waals surface area contributed by atoms with E-state index in [0.717, 1.165) is 5.56 Å². The Bertz CT molecular complexity index is 953. The number of nitrogens with one attached hydrogen (secondary N) is 2. The molecule has 0 bridgehead atoms. The molecule has 0 radical (unpaired) electrons. The number of phenols is 1. The number of para-hydroxylation sites is 1. The maximum absolute atomic E-state index is 12.1. The van der Waals surface area contributed by atoms with Crippen LogP contribution in [0.4, 0.5) is 0 Å². The zero-order valence-corrected chi connectivity index (χ0v) is 14.2. The smallest absolute Gasteiger partial charge is 0.289 e. The molecule has 3 N–H and O–H groups in total. The monoisotopic (exact) mass is 374 g/mol. The molecular formula is C17H12Cl2N4O2. The number of aromatic hydroxyl groups is 1. The molecule has 25 heavy (non-hydrogen) atoms. The molecule has 8 heteroatoms. The minimum absolute atomic E-state index is 0.0731. The highest BCUT2D eigenvalue weighted by Gasteiger charge is 2.11. The third-order valence-electron chi connectivity index (χ3n) is 3.34. The van der Waals surface area contributed by atoms with E-state index in [4.69, 9.17) is 23.2 Å². The predicted molar refractivity (Wildman–Crippen MR) is 97.2 cm³/mol. The summed E-state index contributed by atoms with van der Waals surface area (Å²) in [6, 6.07) is 13.3. The van der Waals surface area contributed by atoms with Gasteiger partial charge in [-0.05, 0) is 30.3 Å². The summed E-state index contributed by atoms with van der Waals surface area (Å²) >= 11 is 11.9. The van der Waals surface area contributed by atoms with Crippen LogP contribution in [0.15, 0.2) is 53.6 Å². The number of rotatable bonds is 4. The van der Waals surface area contributed by atoms with Gasteiger partial charge in [0.15, 0.2) is 0 Å². The third kappa shape index (κ3) is 3.99. The van der Waals surface area contributed by atoms with E-state index in [1.54, 1.807) is 42.5 Å². The van der Waals surface area contributed by atoms with Gasteiger partial charge in [-0.2, -0.15) is 10.2 Å². The van der Waals surface area contributed by atoms with Crippen molar-refractivity contribution in [3.05, 3.63) is 69.8 Å². The van der Waals surface area contributed by atoms with E-state index < -0.39 is 5.91 Å². The summed E-state index contributed by atoms with van der Waals surface area (Å²) in [6.45, 7) is 0. The number of phenolic OH excluding ortho intramolecular Hbond substituents is 1. The molecule has 126 valence electrons. The van der Waals surface area contributed by atoms with Crippen molar-refractivity contribution in [2.24, 2.45) is 5.10 Å². The van der Waals surface area contributed by atoms with Gasteiger partial charge >= 0.3 is 0 Å². The number of hydrogen-bond acceptors (Lipinski definition) is 4. The number of carbonyl (C=O) groups excluding carboxylic acids is 1. The first kappa shape index (κ1) is 17.0. The van der Waals surface area contributed by atoms with Crippen molar-refractivity contribution in [1.29, 1.82) is 0 Å². The standard InChI is InChI=1S/C17H12Cl2N4O2/c18-12-6-5-10(7-13(12)19)14-8-15(22-21-14)17(25)23-20-9-11-3-1-2-4-16(11)24/h1-9,24H,(H,21,22)(H,23,25). The lowest BCUT2D eigenvalue weighted by Gasteiger charge is -1.99. The third-order valence-corrected chi connectivity index (χ3v) is 4.08. The van der Waals surface area contributed by atoms with Crippen LogP contribution in [0.2, 0.25) is 10.0 Å². The summed E-state index contributed by atoms with van der Waals surface area (Å²) in [4.78, 5) is 12.1. The largest absolute Gasteiger partial charge is 0.507 e. The highest BCUT2D eigenvalue weighted by molar-refractivity contribution is 6.42. The van der Waals surface area contributed by atoms with Crippen LogP contribution in [0.5, 0.6) is 5.75 Å². The van der Waals surface area contributed by atoms with E-state index in [1.165, 1.54) is 12.3 Å². The highest BCUT2D eigenvalue weighted by Crippen LogP contribution is 2.27. The number of H-pyrrole nitrogens is 1. The fourth-order valence-electron chi connectivity index (χ4n) is 2.06. The van der Waals surface area contributed by atoms with Gasteiger partial charge in [-0.3, -0.25) is 9.89 Å². The molecule has 0 aliphatic rings. The molecule has 6 nitrogen and oxygen atoms in total.